The molecule has 27 heavy (non-hydrogen) atoms. The van der Waals surface area contributed by atoms with Crippen LogP contribution >= 0.6 is 0 Å². The minimum Gasteiger partial charge on any atom is -0.332 e. The van der Waals surface area contributed by atoms with Gasteiger partial charge < -0.3 is 9.88 Å². The highest BCUT2D eigenvalue weighted by molar-refractivity contribution is 5.96. The molecule has 0 bridgehead atoms. The zero-order valence-corrected chi connectivity index (χ0v) is 15.9. The fraction of sp³-hybridized carbons (Fsp3) is 0.545. The number of hydrogen-bond acceptors (Lipinski definition) is 3. The highest BCUT2D eigenvalue weighted by atomic mass is 16.2. The van der Waals surface area contributed by atoms with Crippen molar-refractivity contribution in [1.29, 1.82) is 0 Å². The number of aryl methyl sites for hydroxylation is 2. The van der Waals surface area contributed by atoms with Gasteiger partial charge >= 0.3 is 0 Å². The minimum absolute atomic E-state index is 0.00691. The second-order valence-electron chi connectivity index (χ2n) is 8.23. The van der Waals surface area contributed by atoms with Gasteiger partial charge in [0.25, 0.3) is 0 Å². The molecule has 1 aromatic heterocycles. The van der Waals surface area contributed by atoms with Crippen molar-refractivity contribution in [1.82, 2.24) is 14.5 Å². The lowest BCUT2D eigenvalue weighted by molar-refractivity contribution is -0.121. The van der Waals surface area contributed by atoms with Crippen LogP contribution in [0.3, 0.4) is 0 Å². The summed E-state index contributed by atoms with van der Waals surface area (Å²) in [4.78, 5) is 20.0. The Morgan fingerprint density at radius 3 is 2.74 bits per heavy atom. The first-order valence-electron chi connectivity index (χ1n) is 10.5. The van der Waals surface area contributed by atoms with Crippen LogP contribution in [0.1, 0.15) is 55.1 Å². The average molecular weight is 364 g/mol. The van der Waals surface area contributed by atoms with Gasteiger partial charge in [0.05, 0.1) is 6.04 Å². The lowest BCUT2D eigenvalue weighted by Gasteiger charge is -2.36. The van der Waals surface area contributed by atoms with Crippen molar-refractivity contribution >= 4 is 11.6 Å². The lowest BCUT2D eigenvalue weighted by atomic mass is 9.93. The smallest absolute Gasteiger partial charge is 0.241 e. The van der Waals surface area contributed by atoms with E-state index in [1.807, 2.05) is 12.1 Å². The maximum absolute atomic E-state index is 12.8. The van der Waals surface area contributed by atoms with Crippen molar-refractivity contribution in [2.75, 3.05) is 18.4 Å². The van der Waals surface area contributed by atoms with Crippen LogP contribution < -0.4 is 5.32 Å². The molecule has 5 rings (SSSR count). The van der Waals surface area contributed by atoms with Crippen molar-refractivity contribution in [3.05, 3.63) is 47.5 Å². The Kier molecular flexibility index (Phi) is 4.48. The second kappa shape index (κ2) is 7.12. The van der Waals surface area contributed by atoms with Crippen LogP contribution in [-0.4, -0.2) is 39.5 Å². The third-order valence-electron chi connectivity index (χ3n) is 6.63. The lowest BCUT2D eigenvalue weighted by Crippen LogP contribution is -2.47. The molecule has 142 valence electrons. The number of piperidine rings is 1. The molecule has 1 atom stereocenters. The Balaban J connectivity index is 1.26. The monoisotopic (exact) mass is 364 g/mol. The molecule has 5 nitrogen and oxygen atoms in total. The number of imidazole rings is 1. The van der Waals surface area contributed by atoms with Gasteiger partial charge in [-0.15, -0.1) is 0 Å². The summed E-state index contributed by atoms with van der Waals surface area (Å²) in [5, 5.41) is 3.15. The number of fused-ring (bicyclic) bond motifs is 2. The number of rotatable bonds is 2. The van der Waals surface area contributed by atoms with E-state index in [1.165, 1.54) is 36.3 Å². The summed E-state index contributed by atoms with van der Waals surface area (Å²) < 4.78 is 2.47. The van der Waals surface area contributed by atoms with Gasteiger partial charge in [-0.3, -0.25) is 9.69 Å². The minimum atomic E-state index is -0.00691. The molecule has 0 aliphatic carbocycles. The van der Waals surface area contributed by atoms with Gasteiger partial charge in [0.2, 0.25) is 5.91 Å². The van der Waals surface area contributed by atoms with Gasteiger partial charge in [-0.25, -0.2) is 4.98 Å². The number of nitrogens with zero attached hydrogens (tertiary/aromatic N) is 3. The molecule has 3 aliphatic heterocycles. The summed E-state index contributed by atoms with van der Waals surface area (Å²) in [7, 11) is 0. The Morgan fingerprint density at radius 2 is 1.85 bits per heavy atom. The van der Waals surface area contributed by atoms with Crippen LogP contribution in [0.25, 0.3) is 0 Å². The van der Waals surface area contributed by atoms with E-state index < -0.39 is 0 Å². The predicted molar refractivity (Wildman–Crippen MR) is 106 cm³/mol. The fourth-order valence-corrected chi connectivity index (χ4v) is 5.10. The summed E-state index contributed by atoms with van der Waals surface area (Å²) in [5.74, 6) is 2.00. The number of carbonyl (C=O) groups excluding carboxylic acids is 1. The zero-order valence-electron chi connectivity index (χ0n) is 15.9. The highest BCUT2D eigenvalue weighted by Gasteiger charge is 2.33. The molecule has 1 N–H and O–H groups in total. The van der Waals surface area contributed by atoms with Crippen LogP contribution in [0.2, 0.25) is 0 Å². The highest BCUT2D eigenvalue weighted by Crippen LogP contribution is 2.32. The molecule has 0 saturated carbocycles. The summed E-state index contributed by atoms with van der Waals surface area (Å²) >= 11 is 0. The molecule has 0 spiro atoms. The molecular formula is C22H28N4O. The molecule has 5 heteroatoms. The van der Waals surface area contributed by atoms with Gasteiger partial charge in [-0.05, 0) is 69.7 Å². The second-order valence-corrected chi connectivity index (χ2v) is 8.23. The van der Waals surface area contributed by atoms with E-state index in [-0.39, 0.29) is 11.9 Å². The maximum atomic E-state index is 12.8. The number of anilines is 1. The third-order valence-corrected chi connectivity index (χ3v) is 6.63. The van der Waals surface area contributed by atoms with Crippen LogP contribution in [0.4, 0.5) is 5.69 Å². The molecule has 1 unspecified atom stereocenters. The Morgan fingerprint density at radius 1 is 1.00 bits per heavy atom. The van der Waals surface area contributed by atoms with Crippen molar-refractivity contribution in [3.63, 3.8) is 0 Å². The molecule has 1 saturated heterocycles. The van der Waals surface area contributed by atoms with E-state index in [9.17, 15) is 4.79 Å². The molecular weight excluding hydrogens is 336 g/mol. The summed E-state index contributed by atoms with van der Waals surface area (Å²) in [6.45, 7) is 3.11. The third kappa shape index (κ3) is 3.18. The molecule has 4 heterocycles. The predicted octanol–water partition coefficient (Wildman–Crippen LogP) is 3.35. The topological polar surface area (TPSA) is 50.2 Å². The van der Waals surface area contributed by atoms with Crippen molar-refractivity contribution in [2.45, 2.75) is 63.5 Å². The first-order valence-corrected chi connectivity index (χ1v) is 10.5. The van der Waals surface area contributed by atoms with E-state index in [4.69, 9.17) is 4.98 Å². The number of carbonyl (C=O) groups is 1. The van der Waals surface area contributed by atoms with Gasteiger partial charge in [-0.1, -0.05) is 18.2 Å². The quantitative estimate of drug-likeness (QED) is 0.889. The molecule has 1 fully saturated rings. The number of nitrogens with one attached hydrogen (secondary N) is 1. The number of benzene rings is 1. The standard InChI is InChI=1S/C22H28N4O/c27-22-20(9-8-16-5-1-2-7-19(16)24-22)25-13-10-17(11-14-25)21-23-15-18-6-3-4-12-26(18)21/h1-2,5,7,15,17,20H,3-4,6,8-14H2,(H,24,27). The normalized spacial score (nSPS) is 24.0. The Labute approximate surface area is 160 Å². The summed E-state index contributed by atoms with van der Waals surface area (Å²) in [6.07, 6.45) is 9.92. The van der Waals surface area contributed by atoms with E-state index in [1.54, 1.807) is 0 Å². The van der Waals surface area contributed by atoms with Crippen molar-refractivity contribution in [3.8, 4) is 0 Å². The van der Waals surface area contributed by atoms with Crippen LogP contribution in [-0.2, 0) is 24.2 Å². The average Bonchev–Trinajstić information content (AvgIpc) is 3.06. The van der Waals surface area contributed by atoms with E-state index in [2.05, 4.69) is 33.1 Å². The molecule has 1 amide bonds. The van der Waals surface area contributed by atoms with E-state index in [0.29, 0.717) is 5.92 Å². The van der Waals surface area contributed by atoms with Crippen molar-refractivity contribution in [2.24, 2.45) is 0 Å². The van der Waals surface area contributed by atoms with Gasteiger partial charge in [0.15, 0.2) is 0 Å². The Hall–Kier alpha value is -2.14. The van der Waals surface area contributed by atoms with E-state index >= 15 is 0 Å². The number of aromatic nitrogens is 2. The van der Waals surface area contributed by atoms with Crippen LogP contribution in [0.5, 0.6) is 0 Å². The Bertz CT molecular complexity index is 835. The van der Waals surface area contributed by atoms with Gasteiger partial charge in [-0.2, -0.15) is 0 Å². The van der Waals surface area contributed by atoms with Gasteiger partial charge in [0, 0.05) is 30.0 Å². The number of para-hydroxylation sites is 1. The summed E-state index contributed by atoms with van der Waals surface area (Å²) in [5.41, 5.74) is 3.66. The number of hydrogen-bond donors (Lipinski definition) is 1. The molecule has 2 aromatic rings. The van der Waals surface area contributed by atoms with Crippen LogP contribution in [0.15, 0.2) is 30.5 Å². The van der Waals surface area contributed by atoms with Crippen molar-refractivity contribution < 1.29 is 4.79 Å². The molecule has 1 aromatic carbocycles. The van der Waals surface area contributed by atoms with E-state index in [0.717, 1.165) is 51.0 Å². The fourth-order valence-electron chi connectivity index (χ4n) is 5.10. The first-order chi connectivity index (χ1) is 13.3. The molecule has 3 aliphatic rings. The SMILES string of the molecule is O=C1Nc2ccccc2CCC1N1CCC(c2ncc3n2CCCC3)CC1. The first kappa shape index (κ1) is 17.0. The summed E-state index contributed by atoms with van der Waals surface area (Å²) in [6, 6.07) is 8.19. The zero-order chi connectivity index (χ0) is 18.2. The van der Waals surface area contributed by atoms with Gasteiger partial charge in [0.1, 0.15) is 5.82 Å². The number of likely N-dealkylation sites (tertiary alicyclic amines) is 1. The molecule has 0 radical (unpaired) electrons. The maximum Gasteiger partial charge on any atom is 0.241 e. The van der Waals surface area contributed by atoms with Crippen LogP contribution in [0, 0.1) is 0 Å². The number of amides is 1. The largest absolute Gasteiger partial charge is 0.332 e.